The van der Waals surface area contributed by atoms with E-state index in [4.69, 9.17) is 11.6 Å². The van der Waals surface area contributed by atoms with Gasteiger partial charge in [-0.15, -0.1) is 0 Å². The molecule has 0 saturated heterocycles. The third-order valence-electron chi connectivity index (χ3n) is 4.20. The molecule has 1 amide bonds. The predicted molar refractivity (Wildman–Crippen MR) is 122 cm³/mol. The zero-order valence-corrected chi connectivity index (χ0v) is 19.0. The van der Waals surface area contributed by atoms with E-state index in [1.807, 2.05) is 31.4 Å². The smallest absolute Gasteiger partial charge is 0.244 e. The van der Waals surface area contributed by atoms with E-state index in [0.29, 0.717) is 22.3 Å². The number of anilines is 1. The monoisotopic (exact) mass is 469 g/mol. The SMILES string of the molecule is CSCCC(NS(=O)(=O)c1ccc(Cl)cc1)C(=O)Nc1nc2c(C)cccc2s1. The second-order valence-corrected chi connectivity index (χ2v) is 10.5. The first-order chi connectivity index (χ1) is 13.8. The van der Waals surface area contributed by atoms with E-state index in [2.05, 4.69) is 15.0 Å². The van der Waals surface area contributed by atoms with E-state index >= 15 is 0 Å². The molecule has 0 aliphatic carbocycles. The topological polar surface area (TPSA) is 88.2 Å². The van der Waals surface area contributed by atoms with Crippen LogP contribution in [0.1, 0.15) is 12.0 Å². The fourth-order valence-electron chi connectivity index (χ4n) is 2.68. The first-order valence-corrected chi connectivity index (χ1v) is 12.8. The molecule has 2 N–H and O–H groups in total. The van der Waals surface area contributed by atoms with Crippen molar-refractivity contribution in [2.45, 2.75) is 24.3 Å². The Hall–Kier alpha value is -1.65. The maximum absolute atomic E-state index is 12.8. The van der Waals surface area contributed by atoms with Crippen LogP contribution >= 0.6 is 34.7 Å². The van der Waals surface area contributed by atoms with Crippen LogP contribution in [0.3, 0.4) is 0 Å². The number of para-hydroxylation sites is 1. The van der Waals surface area contributed by atoms with Crippen molar-refractivity contribution in [1.82, 2.24) is 9.71 Å². The molecule has 10 heteroatoms. The predicted octanol–water partition coefficient (Wildman–Crippen LogP) is 4.30. The lowest BCUT2D eigenvalue weighted by atomic mass is 10.2. The number of sulfonamides is 1. The molecule has 0 radical (unpaired) electrons. The van der Waals surface area contributed by atoms with Gasteiger partial charge in [-0.1, -0.05) is 35.1 Å². The molecule has 1 aromatic heterocycles. The van der Waals surface area contributed by atoms with E-state index in [0.717, 1.165) is 15.8 Å². The number of hydrogen-bond acceptors (Lipinski definition) is 6. The van der Waals surface area contributed by atoms with E-state index in [1.54, 1.807) is 0 Å². The van der Waals surface area contributed by atoms with Crippen LogP contribution in [0.15, 0.2) is 47.4 Å². The minimum absolute atomic E-state index is 0.0551. The number of rotatable bonds is 8. The number of carbonyl (C=O) groups is 1. The Morgan fingerprint density at radius 1 is 1.24 bits per heavy atom. The molecule has 3 aromatic rings. The molecule has 0 fully saturated rings. The summed E-state index contributed by atoms with van der Waals surface area (Å²) >= 11 is 8.73. The summed E-state index contributed by atoms with van der Waals surface area (Å²) in [5.74, 6) is 0.188. The van der Waals surface area contributed by atoms with Gasteiger partial charge in [-0.3, -0.25) is 4.79 Å². The number of thiazole rings is 1. The number of benzene rings is 2. The van der Waals surface area contributed by atoms with Gasteiger partial charge in [0.25, 0.3) is 0 Å². The van der Waals surface area contributed by atoms with Gasteiger partial charge in [-0.25, -0.2) is 13.4 Å². The zero-order chi connectivity index (χ0) is 21.0. The molecule has 1 unspecified atom stereocenters. The van der Waals surface area contributed by atoms with Gasteiger partial charge in [-0.05, 0) is 61.2 Å². The maximum atomic E-state index is 12.8. The minimum atomic E-state index is -3.87. The fraction of sp³-hybridized carbons (Fsp3) is 0.263. The largest absolute Gasteiger partial charge is 0.301 e. The van der Waals surface area contributed by atoms with Gasteiger partial charge in [0.2, 0.25) is 15.9 Å². The number of aromatic nitrogens is 1. The van der Waals surface area contributed by atoms with Gasteiger partial charge >= 0.3 is 0 Å². The number of carbonyl (C=O) groups excluding carboxylic acids is 1. The molecular formula is C19H20ClN3O3S3. The molecule has 2 aromatic carbocycles. The van der Waals surface area contributed by atoms with Crippen LogP contribution in [0, 0.1) is 6.92 Å². The Morgan fingerprint density at radius 2 is 1.97 bits per heavy atom. The third kappa shape index (κ3) is 5.49. The Kier molecular flexibility index (Phi) is 7.18. The highest BCUT2D eigenvalue weighted by Crippen LogP contribution is 2.28. The van der Waals surface area contributed by atoms with E-state index in [1.165, 1.54) is 47.4 Å². The van der Waals surface area contributed by atoms with Gasteiger partial charge in [-0.2, -0.15) is 16.5 Å². The molecule has 0 saturated carbocycles. The molecule has 154 valence electrons. The summed E-state index contributed by atoms with van der Waals surface area (Å²) in [4.78, 5) is 17.4. The van der Waals surface area contributed by atoms with E-state index < -0.39 is 22.0 Å². The summed E-state index contributed by atoms with van der Waals surface area (Å²) in [6.45, 7) is 1.95. The zero-order valence-electron chi connectivity index (χ0n) is 15.8. The highest BCUT2D eigenvalue weighted by Gasteiger charge is 2.26. The number of fused-ring (bicyclic) bond motifs is 1. The number of aryl methyl sites for hydroxylation is 1. The molecule has 1 heterocycles. The van der Waals surface area contributed by atoms with Crippen molar-refractivity contribution in [3.63, 3.8) is 0 Å². The van der Waals surface area contributed by atoms with Gasteiger partial charge in [0.1, 0.15) is 6.04 Å². The van der Waals surface area contributed by atoms with Crippen molar-refractivity contribution in [2.75, 3.05) is 17.3 Å². The van der Waals surface area contributed by atoms with Crippen LogP contribution in [-0.4, -0.2) is 37.4 Å². The molecule has 0 aliphatic heterocycles. The number of nitrogens with zero attached hydrogens (tertiary/aromatic N) is 1. The normalized spacial score (nSPS) is 12.8. The molecule has 6 nitrogen and oxygen atoms in total. The average molecular weight is 470 g/mol. The standard InChI is InChI=1S/C19H20ClN3O3S3/c1-12-4-3-5-16-17(12)21-19(28-16)22-18(24)15(10-11-27-2)23-29(25,26)14-8-6-13(20)7-9-14/h3-9,15,23H,10-11H2,1-2H3,(H,21,22,24). The van der Waals surface area contributed by atoms with Crippen LogP contribution in [0.4, 0.5) is 5.13 Å². The van der Waals surface area contributed by atoms with Crippen molar-refractivity contribution in [2.24, 2.45) is 0 Å². The second-order valence-electron chi connectivity index (χ2n) is 6.34. The summed E-state index contributed by atoms with van der Waals surface area (Å²) in [7, 11) is -3.87. The molecular weight excluding hydrogens is 450 g/mol. The number of amides is 1. The molecule has 3 rings (SSSR count). The quantitative estimate of drug-likeness (QED) is 0.513. The van der Waals surface area contributed by atoms with Gasteiger partial charge < -0.3 is 5.32 Å². The molecule has 0 aliphatic rings. The Balaban J connectivity index is 1.80. The number of nitrogens with one attached hydrogen (secondary N) is 2. The van der Waals surface area contributed by atoms with Gasteiger partial charge in [0.15, 0.2) is 5.13 Å². The first-order valence-electron chi connectivity index (χ1n) is 8.74. The van der Waals surface area contributed by atoms with Crippen LogP contribution in [0.25, 0.3) is 10.2 Å². The van der Waals surface area contributed by atoms with E-state index in [-0.39, 0.29) is 4.90 Å². The van der Waals surface area contributed by atoms with Gasteiger partial charge in [0, 0.05) is 5.02 Å². The second kappa shape index (κ2) is 9.44. The Morgan fingerprint density at radius 3 is 2.62 bits per heavy atom. The Labute approximate surface area is 183 Å². The maximum Gasteiger partial charge on any atom is 0.244 e. The lowest BCUT2D eigenvalue weighted by molar-refractivity contribution is -0.117. The highest BCUT2D eigenvalue weighted by atomic mass is 35.5. The molecule has 29 heavy (non-hydrogen) atoms. The van der Waals surface area contributed by atoms with Crippen molar-refractivity contribution < 1.29 is 13.2 Å². The number of hydrogen-bond donors (Lipinski definition) is 2. The summed E-state index contributed by atoms with van der Waals surface area (Å²) in [6.07, 6.45) is 2.25. The average Bonchev–Trinajstić information content (AvgIpc) is 3.09. The van der Waals surface area contributed by atoms with Crippen molar-refractivity contribution in [3.8, 4) is 0 Å². The van der Waals surface area contributed by atoms with Crippen molar-refractivity contribution >= 4 is 66.0 Å². The highest BCUT2D eigenvalue weighted by molar-refractivity contribution is 7.98. The summed E-state index contributed by atoms with van der Waals surface area (Å²) < 4.78 is 28.9. The summed E-state index contributed by atoms with van der Waals surface area (Å²) in [6, 6.07) is 10.7. The molecule has 1 atom stereocenters. The fourth-order valence-corrected chi connectivity index (χ4v) is 5.45. The summed E-state index contributed by atoms with van der Waals surface area (Å²) in [5.41, 5.74) is 1.84. The summed E-state index contributed by atoms with van der Waals surface area (Å²) in [5, 5.41) is 3.64. The van der Waals surface area contributed by atoms with E-state index in [9.17, 15) is 13.2 Å². The van der Waals surface area contributed by atoms with Crippen LogP contribution in [0.2, 0.25) is 5.02 Å². The van der Waals surface area contributed by atoms with Crippen LogP contribution in [0.5, 0.6) is 0 Å². The van der Waals surface area contributed by atoms with Crippen LogP contribution in [-0.2, 0) is 14.8 Å². The number of halogens is 1. The Bertz CT molecular complexity index is 1110. The third-order valence-corrected chi connectivity index (χ3v) is 7.52. The number of thioether (sulfide) groups is 1. The van der Waals surface area contributed by atoms with Crippen molar-refractivity contribution in [3.05, 3.63) is 53.1 Å². The lowest BCUT2D eigenvalue weighted by Gasteiger charge is -2.17. The van der Waals surface area contributed by atoms with Crippen LogP contribution < -0.4 is 10.0 Å². The lowest BCUT2D eigenvalue weighted by Crippen LogP contribution is -2.44. The van der Waals surface area contributed by atoms with Gasteiger partial charge in [0.05, 0.1) is 15.1 Å². The first kappa shape index (κ1) is 22.0. The molecule has 0 bridgehead atoms. The van der Waals surface area contributed by atoms with Crippen molar-refractivity contribution in [1.29, 1.82) is 0 Å². The minimum Gasteiger partial charge on any atom is -0.301 e. The molecule has 0 spiro atoms.